The van der Waals surface area contributed by atoms with Crippen LogP contribution in [-0.4, -0.2) is 31.1 Å². The van der Waals surface area contributed by atoms with Gasteiger partial charge in [0.2, 0.25) is 5.91 Å². The van der Waals surface area contributed by atoms with Crippen LogP contribution in [0.2, 0.25) is 0 Å². The Bertz CT molecular complexity index is 149. The van der Waals surface area contributed by atoms with Gasteiger partial charge >= 0.3 is 0 Å². The summed E-state index contributed by atoms with van der Waals surface area (Å²) in [5.74, 6) is 5.78. The second-order valence-corrected chi connectivity index (χ2v) is 2.95. The molecule has 0 aliphatic carbocycles. The van der Waals surface area contributed by atoms with Crippen molar-refractivity contribution >= 4 is 5.91 Å². The van der Waals surface area contributed by atoms with Gasteiger partial charge in [-0.25, -0.2) is 5.01 Å². The van der Waals surface area contributed by atoms with Crippen LogP contribution in [-0.2, 0) is 4.79 Å². The van der Waals surface area contributed by atoms with Gasteiger partial charge in [-0.3, -0.25) is 10.6 Å². The minimum Gasteiger partial charge on any atom is -0.359 e. The molecule has 1 aliphatic rings. The number of piperidine rings is 1. The Hall–Kier alpha value is -0.610. The molecule has 1 heterocycles. The van der Waals surface area contributed by atoms with E-state index >= 15 is 0 Å². The van der Waals surface area contributed by atoms with Crippen molar-refractivity contribution in [2.45, 2.75) is 12.8 Å². The van der Waals surface area contributed by atoms with Crippen LogP contribution < -0.4 is 11.2 Å². The zero-order valence-corrected chi connectivity index (χ0v) is 6.84. The molecule has 0 spiro atoms. The minimum atomic E-state index is 0.0961. The highest BCUT2D eigenvalue weighted by Gasteiger charge is 2.22. The Morgan fingerprint density at radius 2 is 2.45 bits per heavy atom. The molecule has 0 aromatic rings. The molecule has 11 heavy (non-hydrogen) atoms. The van der Waals surface area contributed by atoms with Crippen molar-refractivity contribution in [2.75, 3.05) is 20.1 Å². The fraction of sp³-hybridized carbons (Fsp3) is 0.857. The third kappa shape index (κ3) is 2.17. The third-order valence-corrected chi connectivity index (χ3v) is 2.07. The molecule has 4 nitrogen and oxygen atoms in total. The summed E-state index contributed by atoms with van der Waals surface area (Å²) in [6.45, 7) is 1.60. The molecule has 1 saturated heterocycles. The quantitative estimate of drug-likeness (QED) is 0.496. The molecule has 0 unspecified atom stereocenters. The lowest BCUT2D eigenvalue weighted by atomic mass is 9.98. The average molecular weight is 157 g/mol. The third-order valence-electron chi connectivity index (χ3n) is 2.07. The van der Waals surface area contributed by atoms with E-state index in [1.807, 2.05) is 0 Å². The van der Waals surface area contributed by atoms with E-state index < -0.39 is 0 Å². The van der Waals surface area contributed by atoms with Crippen molar-refractivity contribution in [3.63, 3.8) is 0 Å². The molecular weight excluding hydrogens is 142 g/mol. The molecule has 0 bridgehead atoms. The lowest BCUT2D eigenvalue weighted by Gasteiger charge is -2.27. The van der Waals surface area contributed by atoms with Gasteiger partial charge in [0, 0.05) is 20.1 Å². The molecular formula is C7H15N3O. The van der Waals surface area contributed by atoms with E-state index in [2.05, 4.69) is 5.32 Å². The summed E-state index contributed by atoms with van der Waals surface area (Å²) in [6.07, 6.45) is 1.99. The fourth-order valence-electron chi connectivity index (χ4n) is 1.42. The van der Waals surface area contributed by atoms with Gasteiger partial charge in [0.1, 0.15) is 0 Å². The zero-order valence-electron chi connectivity index (χ0n) is 6.84. The maximum atomic E-state index is 11.1. The molecule has 0 aromatic carbocycles. The van der Waals surface area contributed by atoms with Gasteiger partial charge in [-0.2, -0.15) is 0 Å². The van der Waals surface area contributed by atoms with Gasteiger partial charge in [-0.05, 0) is 12.8 Å². The highest BCUT2D eigenvalue weighted by atomic mass is 16.1. The first-order chi connectivity index (χ1) is 5.24. The second kappa shape index (κ2) is 3.69. The second-order valence-electron chi connectivity index (χ2n) is 2.95. The normalized spacial score (nSPS) is 26.5. The largest absolute Gasteiger partial charge is 0.359 e. The standard InChI is InChI=1S/C7H15N3O/c1-9-7(11)6-3-2-4-10(8)5-6/h6H,2-5,8H2,1H3,(H,9,11)/t6-/m1/s1. The summed E-state index contributed by atoms with van der Waals surface area (Å²) >= 11 is 0. The number of carbonyl (C=O) groups excluding carboxylic acids is 1. The molecule has 0 aromatic heterocycles. The Balaban J connectivity index is 2.39. The number of hydrogen-bond donors (Lipinski definition) is 2. The fourth-order valence-corrected chi connectivity index (χ4v) is 1.42. The molecule has 1 aliphatic heterocycles. The maximum Gasteiger partial charge on any atom is 0.224 e. The molecule has 1 fully saturated rings. The molecule has 1 atom stereocenters. The van der Waals surface area contributed by atoms with Crippen LogP contribution in [0.15, 0.2) is 0 Å². The van der Waals surface area contributed by atoms with Crippen LogP contribution in [0.1, 0.15) is 12.8 Å². The number of hydrazine groups is 1. The SMILES string of the molecule is CNC(=O)[C@@H]1CCCN(N)C1. The average Bonchev–Trinajstić information content (AvgIpc) is 2.03. The van der Waals surface area contributed by atoms with E-state index in [9.17, 15) is 4.79 Å². The van der Waals surface area contributed by atoms with E-state index in [1.54, 1.807) is 12.1 Å². The van der Waals surface area contributed by atoms with Crippen molar-refractivity contribution in [1.82, 2.24) is 10.3 Å². The van der Waals surface area contributed by atoms with Crippen LogP contribution in [0, 0.1) is 5.92 Å². The number of rotatable bonds is 1. The van der Waals surface area contributed by atoms with E-state index in [4.69, 9.17) is 5.84 Å². The molecule has 64 valence electrons. The smallest absolute Gasteiger partial charge is 0.224 e. The Kier molecular flexibility index (Phi) is 2.84. The van der Waals surface area contributed by atoms with Crippen molar-refractivity contribution in [3.05, 3.63) is 0 Å². The van der Waals surface area contributed by atoms with Crippen LogP contribution in [0.5, 0.6) is 0 Å². The predicted molar refractivity (Wildman–Crippen MR) is 42.6 cm³/mol. The Labute approximate surface area is 66.7 Å². The van der Waals surface area contributed by atoms with Crippen LogP contribution in [0.4, 0.5) is 0 Å². The van der Waals surface area contributed by atoms with Gasteiger partial charge < -0.3 is 5.32 Å². The van der Waals surface area contributed by atoms with Crippen LogP contribution in [0.25, 0.3) is 0 Å². The number of hydrogen-bond acceptors (Lipinski definition) is 3. The van der Waals surface area contributed by atoms with E-state index in [0.717, 1.165) is 19.4 Å². The predicted octanol–water partition coefficient (Wildman–Crippen LogP) is -0.682. The summed E-state index contributed by atoms with van der Waals surface area (Å²) in [5, 5.41) is 4.35. The Morgan fingerprint density at radius 1 is 1.73 bits per heavy atom. The van der Waals surface area contributed by atoms with Crippen molar-refractivity contribution in [1.29, 1.82) is 0 Å². The van der Waals surface area contributed by atoms with Gasteiger partial charge in [-0.1, -0.05) is 0 Å². The molecule has 0 radical (unpaired) electrons. The summed E-state index contributed by atoms with van der Waals surface area (Å²) in [5.41, 5.74) is 0. The van der Waals surface area contributed by atoms with Gasteiger partial charge in [0.05, 0.1) is 5.92 Å². The van der Waals surface area contributed by atoms with E-state index in [0.29, 0.717) is 6.54 Å². The van der Waals surface area contributed by atoms with E-state index in [-0.39, 0.29) is 11.8 Å². The molecule has 1 amide bonds. The van der Waals surface area contributed by atoms with Crippen LogP contribution >= 0.6 is 0 Å². The first-order valence-corrected chi connectivity index (χ1v) is 3.95. The first-order valence-electron chi connectivity index (χ1n) is 3.95. The number of amides is 1. The summed E-state index contributed by atoms with van der Waals surface area (Å²) in [4.78, 5) is 11.1. The number of carbonyl (C=O) groups is 1. The lowest BCUT2D eigenvalue weighted by Crippen LogP contribution is -2.45. The number of nitrogens with zero attached hydrogens (tertiary/aromatic N) is 1. The lowest BCUT2D eigenvalue weighted by molar-refractivity contribution is -0.126. The number of nitrogens with two attached hydrogens (primary N) is 1. The first kappa shape index (κ1) is 8.49. The molecule has 4 heteroatoms. The van der Waals surface area contributed by atoms with Crippen molar-refractivity contribution in [2.24, 2.45) is 11.8 Å². The maximum absolute atomic E-state index is 11.1. The van der Waals surface area contributed by atoms with Gasteiger partial charge in [0.15, 0.2) is 0 Å². The topological polar surface area (TPSA) is 58.4 Å². The minimum absolute atomic E-state index is 0.0961. The monoisotopic (exact) mass is 157 g/mol. The van der Waals surface area contributed by atoms with Crippen molar-refractivity contribution < 1.29 is 4.79 Å². The highest BCUT2D eigenvalue weighted by Crippen LogP contribution is 2.13. The highest BCUT2D eigenvalue weighted by molar-refractivity contribution is 5.78. The summed E-state index contributed by atoms with van der Waals surface area (Å²) in [7, 11) is 1.66. The Morgan fingerprint density at radius 3 is 3.00 bits per heavy atom. The zero-order chi connectivity index (χ0) is 8.27. The molecule has 1 rings (SSSR count). The van der Waals surface area contributed by atoms with Crippen LogP contribution in [0.3, 0.4) is 0 Å². The number of nitrogens with one attached hydrogen (secondary N) is 1. The molecule has 0 saturated carbocycles. The summed E-state index contributed by atoms with van der Waals surface area (Å²) < 4.78 is 0. The van der Waals surface area contributed by atoms with Gasteiger partial charge in [0.25, 0.3) is 0 Å². The summed E-state index contributed by atoms with van der Waals surface area (Å²) in [6, 6.07) is 0. The molecule has 3 N–H and O–H groups in total. The van der Waals surface area contributed by atoms with E-state index in [1.165, 1.54) is 0 Å². The van der Waals surface area contributed by atoms with Crippen molar-refractivity contribution in [3.8, 4) is 0 Å². The van der Waals surface area contributed by atoms with Gasteiger partial charge in [-0.15, -0.1) is 0 Å².